The van der Waals surface area contributed by atoms with Crippen molar-refractivity contribution in [2.24, 2.45) is 0 Å². The smallest absolute Gasteiger partial charge is 0.411 e. The fraction of sp³-hybridized carbons (Fsp3) is 0.636. The average Bonchev–Trinajstić information content (AvgIpc) is 2.83. The van der Waals surface area contributed by atoms with E-state index in [0.29, 0.717) is 0 Å². The third kappa shape index (κ3) is 5.00. The van der Waals surface area contributed by atoms with Crippen molar-refractivity contribution < 1.29 is 23.5 Å². The maximum atomic E-state index is 13.4. The van der Waals surface area contributed by atoms with Crippen LogP contribution in [0.3, 0.4) is 0 Å². The van der Waals surface area contributed by atoms with Crippen molar-refractivity contribution in [1.29, 1.82) is 0 Å². The van der Waals surface area contributed by atoms with E-state index in [4.69, 9.17) is 9.47 Å². The van der Waals surface area contributed by atoms with Gasteiger partial charge in [-0.15, -0.1) is 0 Å². The van der Waals surface area contributed by atoms with E-state index in [1.54, 1.807) is 17.0 Å². The number of hydrogen-bond acceptors (Lipinski definition) is 4. The Morgan fingerprint density at radius 2 is 1.76 bits per heavy atom. The molecule has 1 saturated carbocycles. The fourth-order valence-corrected chi connectivity index (χ4v) is 4.31. The molecule has 1 aromatic rings. The van der Waals surface area contributed by atoms with E-state index < -0.39 is 17.3 Å². The lowest BCUT2D eigenvalue weighted by Gasteiger charge is -2.38. The quantitative estimate of drug-likeness (QED) is 0.773. The van der Waals surface area contributed by atoms with Crippen LogP contribution in [0.1, 0.15) is 71.9 Å². The predicted molar refractivity (Wildman–Crippen MR) is 107 cm³/mol. The van der Waals surface area contributed by atoms with Crippen molar-refractivity contribution >= 4 is 12.2 Å². The van der Waals surface area contributed by atoms with E-state index in [1.165, 1.54) is 12.1 Å². The Labute approximate surface area is 171 Å². The topological polar surface area (TPSA) is 67.9 Å². The van der Waals surface area contributed by atoms with Gasteiger partial charge in [-0.2, -0.15) is 0 Å². The van der Waals surface area contributed by atoms with Gasteiger partial charge in [-0.3, -0.25) is 4.90 Å². The number of hydrogen-bond donors (Lipinski definition) is 1. The Morgan fingerprint density at radius 3 is 2.31 bits per heavy atom. The van der Waals surface area contributed by atoms with E-state index in [1.807, 2.05) is 34.6 Å². The van der Waals surface area contributed by atoms with Crippen molar-refractivity contribution in [3.8, 4) is 0 Å². The lowest BCUT2D eigenvalue weighted by Crippen LogP contribution is -2.47. The second-order valence-electron chi connectivity index (χ2n) is 9.48. The van der Waals surface area contributed by atoms with Crippen molar-refractivity contribution in [3.05, 3.63) is 35.6 Å². The number of nitrogens with zero attached hydrogens (tertiary/aromatic N) is 1. The van der Waals surface area contributed by atoms with Crippen LogP contribution < -0.4 is 5.32 Å². The highest BCUT2D eigenvalue weighted by Gasteiger charge is 2.51. The van der Waals surface area contributed by atoms with Crippen molar-refractivity contribution in [1.82, 2.24) is 10.2 Å². The molecule has 6 nitrogen and oxygen atoms in total. The maximum Gasteiger partial charge on any atom is 0.411 e. The van der Waals surface area contributed by atoms with E-state index >= 15 is 0 Å². The van der Waals surface area contributed by atoms with Gasteiger partial charge in [0.05, 0.1) is 6.04 Å². The summed E-state index contributed by atoms with van der Waals surface area (Å²) < 4.78 is 24.4. The minimum atomic E-state index is -0.708. The number of nitrogens with one attached hydrogen (secondary N) is 1. The van der Waals surface area contributed by atoms with Gasteiger partial charge >= 0.3 is 12.2 Å². The lowest BCUT2D eigenvalue weighted by atomic mass is 9.86. The van der Waals surface area contributed by atoms with Crippen LogP contribution in [0.15, 0.2) is 24.3 Å². The number of benzene rings is 1. The third-order valence-corrected chi connectivity index (χ3v) is 5.49. The largest absolute Gasteiger partial charge is 0.444 e. The van der Waals surface area contributed by atoms with Crippen LogP contribution >= 0.6 is 0 Å². The molecule has 2 fully saturated rings. The number of carbonyl (C=O) groups is 2. The van der Waals surface area contributed by atoms with Gasteiger partial charge < -0.3 is 14.8 Å². The zero-order valence-electron chi connectivity index (χ0n) is 17.8. The number of amides is 2. The minimum Gasteiger partial charge on any atom is -0.444 e. The van der Waals surface area contributed by atoms with Crippen molar-refractivity contribution in [2.75, 3.05) is 0 Å². The van der Waals surface area contributed by atoms with Gasteiger partial charge in [0, 0.05) is 12.1 Å². The Balaban J connectivity index is 1.67. The van der Waals surface area contributed by atoms with Crippen LogP contribution in [0.2, 0.25) is 0 Å². The number of cyclic esters (lactones) is 1. The molecule has 3 rings (SSSR count). The molecule has 0 bridgehead atoms. The standard InChI is InChI=1S/C22H31FN2O4/c1-21(2,3)28-19(26)24-16-10-12-17(13-11-16)25-18(22(4,5)29-20(25)27)14-6-8-15(23)9-7-14/h6-9,16-18H,10-13H2,1-5H3,(H,24,26)/t16?,17?,18-/m0/s1. The molecule has 0 radical (unpaired) electrons. The fourth-order valence-electron chi connectivity index (χ4n) is 4.31. The van der Waals surface area contributed by atoms with Gasteiger partial charge in [0.15, 0.2) is 0 Å². The first-order chi connectivity index (χ1) is 13.5. The maximum absolute atomic E-state index is 13.4. The van der Waals surface area contributed by atoms with Crippen LogP contribution in [-0.4, -0.2) is 40.4 Å². The molecule has 160 valence electrons. The molecule has 2 aliphatic rings. The number of rotatable bonds is 3. The summed E-state index contributed by atoms with van der Waals surface area (Å²) in [5.74, 6) is -0.308. The normalized spacial score (nSPS) is 26.8. The van der Waals surface area contributed by atoms with Gasteiger partial charge in [-0.1, -0.05) is 12.1 Å². The van der Waals surface area contributed by atoms with E-state index in [-0.39, 0.29) is 30.0 Å². The molecule has 0 spiro atoms. The van der Waals surface area contributed by atoms with Gasteiger partial charge in [0.1, 0.15) is 17.0 Å². The molecule has 7 heteroatoms. The number of alkyl carbamates (subject to hydrolysis) is 1. The molecular formula is C22H31FN2O4. The third-order valence-electron chi connectivity index (χ3n) is 5.49. The summed E-state index contributed by atoms with van der Waals surface area (Å²) in [5.41, 5.74) is -0.383. The molecule has 0 aromatic heterocycles. The second kappa shape index (κ2) is 7.84. The minimum absolute atomic E-state index is 0.0102. The summed E-state index contributed by atoms with van der Waals surface area (Å²) in [6, 6.07) is 6.00. The summed E-state index contributed by atoms with van der Waals surface area (Å²) in [4.78, 5) is 26.5. The van der Waals surface area contributed by atoms with Crippen LogP contribution in [-0.2, 0) is 9.47 Å². The van der Waals surface area contributed by atoms with E-state index in [9.17, 15) is 14.0 Å². The Morgan fingerprint density at radius 1 is 1.17 bits per heavy atom. The summed E-state index contributed by atoms with van der Waals surface area (Å²) >= 11 is 0. The molecule has 2 amide bonds. The van der Waals surface area contributed by atoms with Gasteiger partial charge in [-0.05, 0) is 78.0 Å². The molecule has 1 aromatic carbocycles. The average molecular weight is 406 g/mol. The van der Waals surface area contributed by atoms with Crippen LogP contribution in [0.25, 0.3) is 0 Å². The second-order valence-corrected chi connectivity index (χ2v) is 9.48. The monoisotopic (exact) mass is 406 g/mol. The SMILES string of the molecule is CC(C)(C)OC(=O)NC1CCC(N2C(=O)OC(C)(C)[C@@H]2c2ccc(F)cc2)CC1. The molecule has 1 N–H and O–H groups in total. The molecular weight excluding hydrogens is 375 g/mol. The van der Waals surface area contributed by atoms with Crippen LogP contribution in [0, 0.1) is 5.82 Å². The van der Waals surface area contributed by atoms with Gasteiger partial charge in [0.25, 0.3) is 0 Å². The molecule has 0 unspecified atom stereocenters. The predicted octanol–water partition coefficient (Wildman–Crippen LogP) is 4.93. The Hall–Kier alpha value is -2.31. The highest BCUT2D eigenvalue weighted by atomic mass is 19.1. The molecule has 1 saturated heterocycles. The first kappa shape index (κ1) is 21.4. The Bertz CT molecular complexity index is 749. The zero-order valence-corrected chi connectivity index (χ0v) is 17.8. The number of halogens is 1. The van der Waals surface area contributed by atoms with Gasteiger partial charge in [-0.25, -0.2) is 14.0 Å². The molecule has 1 aliphatic carbocycles. The van der Waals surface area contributed by atoms with Crippen molar-refractivity contribution in [3.63, 3.8) is 0 Å². The van der Waals surface area contributed by atoms with E-state index in [0.717, 1.165) is 31.2 Å². The van der Waals surface area contributed by atoms with E-state index in [2.05, 4.69) is 5.32 Å². The lowest BCUT2D eigenvalue weighted by molar-refractivity contribution is 0.0476. The first-order valence-electron chi connectivity index (χ1n) is 10.2. The molecule has 1 heterocycles. The molecule has 1 atom stereocenters. The highest BCUT2D eigenvalue weighted by Crippen LogP contribution is 2.44. The zero-order chi connectivity index (χ0) is 21.4. The van der Waals surface area contributed by atoms with Crippen LogP contribution in [0.4, 0.5) is 14.0 Å². The van der Waals surface area contributed by atoms with Crippen LogP contribution in [0.5, 0.6) is 0 Å². The summed E-state index contributed by atoms with van der Waals surface area (Å²) in [7, 11) is 0. The summed E-state index contributed by atoms with van der Waals surface area (Å²) in [5, 5.41) is 2.93. The van der Waals surface area contributed by atoms with Gasteiger partial charge in [0.2, 0.25) is 0 Å². The molecule has 29 heavy (non-hydrogen) atoms. The Kier molecular flexibility index (Phi) is 5.79. The molecule has 1 aliphatic heterocycles. The highest BCUT2D eigenvalue weighted by molar-refractivity contribution is 5.72. The summed E-state index contributed by atoms with van der Waals surface area (Å²) in [6.45, 7) is 9.27. The first-order valence-corrected chi connectivity index (χ1v) is 10.2. The number of ether oxygens (including phenoxy) is 2. The summed E-state index contributed by atoms with van der Waals surface area (Å²) in [6.07, 6.45) is 2.26. The van der Waals surface area contributed by atoms with Crippen molar-refractivity contribution in [2.45, 2.75) is 89.6 Å². The number of carbonyl (C=O) groups excluding carboxylic acids is 2.